The van der Waals surface area contributed by atoms with Crippen LogP contribution in [0.15, 0.2) is 48.5 Å². The number of likely N-dealkylation sites (tertiary alicyclic amines) is 1. The van der Waals surface area contributed by atoms with Crippen molar-refractivity contribution >= 4 is 23.4 Å². The quantitative estimate of drug-likeness (QED) is 0.682. The van der Waals surface area contributed by atoms with Crippen molar-refractivity contribution in [1.29, 1.82) is 0 Å². The average Bonchev–Trinajstić information content (AvgIpc) is 3.26. The number of aryl methyl sites for hydroxylation is 1. The predicted molar refractivity (Wildman–Crippen MR) is 129 cm³/mol. The molecule has 0 radical (unpaired) electrons. The Morgan fingerprint density at radius 1 is 1.03 bits per heavy atom. The predicted octanol–water partition coefficient (Wildman–Crippen LogP) is 3.34. The van der Waals surface area contributed by atoms with Crippen molar-refractivity contribution in [2.45, 2.75) is 39.0 Å². The number of hydrogen-bond acceptors (Lipinski definition) is 3. The van der Waals surface area contributed by atoms with Crippen LogP contribution in [-0.2, 0) is 27.2 Å². The van der Waals surface area contributed by atoms with E-state index in [1.54, 1.807) is 28.0 Å². The third-order valence-corrected chi connectivity index (χ3v) is 6.96. The van der Waals surface area contributed by atoms with E-state index in [0.29, 0.717) is 51.0 Å². The third kappa shape index (κ3) is 5.46. The lowest BCUT2D eigenvalue weighted by atomic mass is 9.94. The second-order valence-electron chi connectivity index (χ2n) is 9.16. The van der Waals surface area contributed by atoms with Gasteiger partial charge in [-0.15, -0.1) is 0 Å². The van der Waals surface area contributed by atoms with Crippen molar-refractivity contribution in [3.05, 3.63) is 65.5 Å². The Hall–Kier alpha value is -3.22. The minimum Gasteiger partial charge on any atom is -0.356 e. The second kappa shape index (κ2) is 10.8. The summed E-state index contributed by atoms with van der Waals surface area (Å²) in [7, 11) is 0. The largest absolute Gasteiger partial charge is 0.356 e. The van der Waals surface area contributed by atoms with Crippen LogP contribution in [0.3, 0.4) is 0 Å². The molecule has 1 N–H and O–H groups in total. The Morgan fingerprint density at radius 2 is 1.74 bits per heavy atom. The van der Waals surface area contributed by atoms with Gasteiger partial charge in [0.25, 0.3) is 0 Å². The standard InChI is InChI=1S/C27H32FN3O3/c1-2-19-7-9-23(10-8-19)31-18-22(17-25(31)32)27(34)30-15-12-21(13-16-30)26(33)29-14-11-20-5-3-4-6-24(20)28/h3-10,21-22H,2,11-18H2,1H3,(H,29,33). The molecule has 3 amide bonds. The molecule has 6 nitrogen and oxygen atoms in total. The molecule has 2 aliphatic rings. The van der Waals surface area contributed by atoms with Gasteiger partial charge in [0.15, 0.2) is 0 Å². The molecular weight excluding hydrogens is 433 g/mol. The fraction of sp³-hybridized carbons (Fsp3) is 0.444. The molecule has 0 aliphatic carbocycles. The van der Waals surface area contributed by atoms with E-state index >= 15 is 0 Å². The zero-order valence-electron chi connectivity index (χ0n) is 19.6. The first-order chi connectivity index (χ1) is 16.5. The molecule has 0 spiro atoms. The van der Waals surface area contributed by atoms with Crippen LogP contribution < -0.4 is 10.2 Å². The highest BCUT2D eigenvalue weighted by molar-refractivity contribution is 6.00. The maximum Gasteiger partial charge on any atom is 0.228 e. The van der Waals surface area contributed by atoms with Gasteiger partial charge < -0.3 is 15.1 Å². The number of nitrogens with one attached hydrogen (secondary N) is 1. The van der Waals surface area contributed by atoms with Crippen LogP contribution >= 0.6 is 0 Å². The van der Waals surface area contributed by atoms with E-state index in [4.69, 9.17) is 0 Å². The van der Waals surface area contributed by atoms with Gasteiger partial charge in [-0.1, -0.05) is 37.3 Å². The highest BCUT2D eigenvalue weighted by Crippen LogP contribution is 2.28. The van der Waals surface area contributed by atoms with Crippen LogP contribution in [-0.4, -0.2) is 48.8 Å². The number of piperidine rings is 1. The molecule has 0 saturated carbocycles. The first kappa shape index (κ1) is 23.9. The summed E-state index contributed by atoms with van der Waals surface area (Å²) < 4.78 is 13.7. The van der Waals surface area contributed by atoms with E-state index in [-0.39, 0.29) is 41.8 Å². The monoisotopic (exact) mass is 465 g/mol. The van der Waals surface area contributed by atoms with Crippen LogP contribution in [0.5, 0.6) is 0 Å². The van der Waals surface area contributed by atoms with E-state index in [2.05, 4.69) is 12.2 Å². The Morgan fingerprint density at radius 3 is 2.41 bits per heavy atom. The molecule has 1 atom stereocenters. The molecule has 34 heavy (non-hydrogen) atoms. The fourth-order valence-corrected chi connectivity index (χ4v) is 4.82. The number of benzene rings is 2. The molecule has 2 aromatic rings. The summed E-state index contributed by atoms with van der Waals surface area (Å²) in [5.41, 5.74) is 2.63. The first-order valence-corrected chi connectivity index (χ1v) is 12.2. The van der Waals surface area contributed by atoms with E-state index in [1.165, 1.54) is 11.6 Å². The van der Waals surface area contributed by atoms with Gasteiger partial charge in [0.05, 0.1) is 5.92 Å². The topological polar surface area (TPSA) is 69.7 Å². The third-order valence-electron chi connectivity index (χ3n) is 6.96. The van der Waals surface area contributed by atoms with Crippen LogP contribution in [0.25, 0.3) is 0 Å². The number of carbonyl (C=O) groups excluding carboxylic acids is 3. The van der Waals surface area contributed by atoms with Crippen molar-refractivity contribution in [3.8, 4) is 0 Å². The Balaban J connectivity index is 1.23. The lowest BCUT2D eigenvalue weighted by molar-refractivity contribution is -0.139. The number of carbonyl (C=O) groups is 3. The minimum absolute atomic E-state index is 0.000519. The van der Waals surface area contributed by atoms with Gasteiger partial charge in [-0.25, -0.2) is 4.39 Å². The minimum atomic E-state index is -0.343. The summed E-state index contributed by atoms with van der Waals surface area (Å²) in [6, 6.07) is 14.5. The molecule has 4 rings (SSSR count). The lowest BCUT2D eigenvalue weighted by Gasteiger charge is -2.33. The van der Waals surface area contributed by atoms with Crippen molar-refractivity contribution in [2.24, 2.45) is 11.8 Å². The molecule has 2 saturated heterocycles. The second-order valence-corrected chi connectivity index (χ2v) is 9.16. The summed E-state index contributed by atoms with van der Waals surface area (Å²) >= 11 is 0. The van der Waals surface area contributed by atoms with Gasteiger partial charge in [0.1, 0.15) is 5.82 Å². The SMILES string of the molecule is CCc1ccc(N2CC(C(=O)N3CCC(C(=O)NCCc4ccccc4F)CC3)CC2=O)cc1. The fourth-order valence-electron chi connectivity index (χ4n) is 4.82. The lowest BCUT2D eigenvalue weighted by Crippen LogP contribution is -2.45. The Labute approximate surface area is 200 Å². The Bertz CT molecular complexity index is 1030. The first-order valence-electron chi connectivity index (χ1n) is 12.2. The molecule has 0 aromatic heterocycles. The molecule has 1 unspecified atom stereocenters. The number of amides is 3. The van der Waals surface area contributed by atoms with Crippen molar-refractivity contribution in [2.75, 3.05) is 31.1 Å². The van der Waals surface area contributed by atoms with Crippen molar-refractivity contribution in [1.82, 2.24) is 10.2 Å². The van der Waals surface area contributed by atoms with Crippen LogP contribution in [0.1, 0.15) is 37.3 Å². The Kier molecular flexibility index (Phi) is 7.60. The summed E-state index contributed by atoms with van der Waals surface area (Å²) in [5, 5.41) is 2.90. The van der Waals surface area contributed by atoms with E-state index < -0.39 is 0 Å². The molecular formula is C27H32FN3O3. The van der Waals surface area contributed by atoms with Gasteiger partial charge in [-0.05, 0) is 55.0 Å². The maximum atomic E-state index is 13.7. The molecule has 180 valence electrons. The van der Waals surface area contributed by atoms with Gasteiger partial charge in [0, 0.05) is 44.2 Å². The summed E-state index contributed by atoms with van der Waals surface area (Å²) in [6.07, 6.45) is 2.81. The van der Waals surface area contributed by atoms with Gasteiger partial charge in [0.2, 0.25) is 17.7 Å². The maximum absolute atomic E-state index is 13.7. The smallest absolute Gasteiger partial charge is 0.228 e. The molecule has 2 fully saturated rings. The van der Waals surface area contributed by atoms with E-state index in [9.17, 15) is 18.8 Å². The molecule has 2 heterocycles. The number of anilines is 1. The van der Waals surface area contributed by atoms with Crippen molar-refractivity contribution < 1.29 is 18.8 Å². The number of rotatable bonds is 7. The van der Waals surface area contributed by atoms with Gasteiger partial charge in [-0.2, -0.15) is 0 Å². The molecule has 0 bridgehead atoms. The number of hydrogen-bond donors (Lipinski definition) is 1. The highest BCUT2D eigenvalue weighted by atomic mass is 19.1. The summed E-state index contributed by atoms with van der Waals surface area (Å²) in [4.78, 5) is 41.7. The zero-order chi connectivity index (χ0) is 24.1. The van der Waals surface area contributed by atoms with Gasteiger partial charge in [-0.3, -0.25) is 14.4 Å². The normalized spacial score (nSPS) is 18.9. The van der Waals surface area contributed by atoms with E-state index in [1.807, 2.05) is 24.3 Å². The summed E-state index contributed by atoms with van der Waals surface area (Å²) in [5.74, 6) is -0.814. The zero-order valence-corrected chi connectivity index (χ0v) is 19.6. The summed E-state index contributed by atoms with van der Waals surface area (Å²) in [6.45, 7) is 3.90. The van der Waals surface area contributed by atoms with Crippen molar-refractivity contribution in [3.63, 3.8) is 0 Å². The van der Waals surface area contributed by atoms with Crippen LogP contribution in [0, 0.1) is 17.7 Å². The highest BCUT2D eigenvalue weighted by Gasteiger charge is 2.38. The molecule has 2 aliphatic heterocycles. The number of halogens is 1. The van der Waals surface area contributed by atoms with E-state index in [0.717, 1.165) is 12.1 Å². The van der Waals surface area contributed by atoms with Gasteiger partial charge >= 0.3 is 0 Å². The van der Waals surface area contributed by atoms with Crippen LogP contribution in [0.4, 0.5) is 10.1 Å². The van der Waals surface area contributed by atoms with Crippen LogP contribution in [0.2, 0.25) is 0 Å². The molecule has 2 aromatic carbocycles. The average molecular weight is 466 g/mol. The number of nitrogens with zero attached hydrogens (tertiary/aromatic N) is 2. The molecule has 7 heteroatoms.